The van der Waals surface area contributed by atoms with Gasteiger partial charge in [0.25, 0.3) is 5.91 Å². The van der Waals surface area contributed by atoms with Crippen LogP contribution < -0.4 is 20.5 Å². The molecule has 2 aromatic carbocycles. The van der Waals surface area contributed by atoms with Gasteiger partial charge < -0.3 is 20.5 Å². The maximum Gasteiger partial charge on any atom is 0.251 e. The first-order valence-electron chi connectivity index (χ1n) is 9.06. The summed E-state index contributed by atoms with van der Waals surface area (Å²) < 4.78 is 25.2. The maximum absolute atomic E-state index is 14.3. The minimum atomic E-state index is -0.546. The van der Waals surface area contributed by atoms with Crippen molar-refractivity contribution in [2.75, 3.05) is 7.11 Å². The maximum atomic E-state index is 14.3. The summed E-state index contributed by atoms with van der Waals surface area (Å²) in [6, 6.07) is 9.22. The number of amides is 1. The Morgan fingerprint density at radius 3 is 2.55 bits per heavy atom. The SMILES string of the molecule is COc1ccc(C(=O)NCc2c(C)n[nH]c2C)cc1Oc1ccc(CN)cc1F. The van der Waals surface area contributed by atoms with Crippen LogP contribution in [0.2, 0.25) is 0 Å². The Hall–Kier alpha value is -3.39. The first-order chi connectivity index (χ1) is 13.9. The van der Waals surface area contributed by atoms with Crippen molar-refractivity contribution in [3.8, 4) is 17.2 Å². The van der Waals surface area contributed by atoms with Crippen LogP contribution in [0.4, 0.5) is 4.39 Å². The Morgan fingerprint density at radius 2 is 1.93 bits per heavy atom. The number of H-pyrrole nitrogens is 1. The lowest BCUT2D eigenvalue weighted by atomic mass is 10.1. The largest absolute Gasteiger partial charge is 0.493 e. The summed E-state index contributed by atoms with van der Waals surface area (Å²) in [6.45, 7) is 4.33. The monoisotopic (exact) mass is 398 g/mol. The quantitative estimate of drug-likeness (QED) is 0.566. The zero-order valence-corrected chi connectivity index (χ0v) is 16.5. The number of methoxy groups -OCH3 is 1. The molecule has 0 bridgehead atoms. The molecular weight excluding hydrogens is 375 g/mol. The number of halogens is 1. The number of nitrogens with zero attached hydrogens (tertiary/aromatic N) is 1. The number of rotatable bonds is 7. The molecule has 0 spiro atoms. The number of carbonyl (C=O) groups excluding carboxylic acids is 1. The molecule has 0 aliphatic rings. The lowest BCUT2D eigenvalue weighted by molar-refractivity contribution is 0.0950. The molecule has 3 aromatic rings. The molecule has 0 fully saturated rings. The van der Waals surface area contributed by atoms with E-state index in [2.05, 4.69) is 15.5 Å². The van der Waals surface area contributed by atoms with E-state index in [1.54, 1.807) is 18.2 Å². The minimum absolute atomic E-state index is 0.0164. The number of nitrogens with one attached hydrogen (secondary N) is 2. The summed E-state index contributed by atoms with van der Waals surface area (Å²) in [7, 11) is 1.47. The van der Waals surface area contributed by atoms with Crippen molar-refractivity contribution in [3.05, 3.63) is 70.3 Å². The van der Waals surface area contributed by atoms with E-state index < -0.39 is 5.82 Å². The van der Waals surface area contributed by atoms with Gasteiger partial charge in [0.2, 0.25) is 0 Å². The van der Waals surface area contributed by atoms with Gasteiger partial charge in [-0.15, -0.1) is 0 Å². The number of aryl methyl sites for hydroxylation is 2. The van der Waals surface area contributed by atoms with Crippen LogP contribution in [-0.2, 0) is 13.1 Å². The van der Waals surface area contributed by atoms with Gasteiger partial charge in [-0.05, 0) is 49.7 Å². The topological polar surface area (TPSA) is 102 Å². The lowest BCUT2D eigenvalue weighted by Gasteiger charge is -2.13. The van der Waals surface area contributed by atoms with Gasteiger partial charge in [0.1, 0.15) is 0 Å². The highest BCUT2D eigenvalue weighted by atomic mass is 19.1. The molecule has 4 N–H and O–H groups in total. The summed E-state index contributed by atoms with van der Waals surface area (Å²) in [5, 5.41) is 9.85. The van der Waals surface area contributed by atoms with Crippen molar-refractivity contribution < 1.29 is 18.7 Å². The van der Waals surface area contributed by atoms with Crippen LogP contribution in [0.15, 0.2) is 36.4 Å². The van der Waals surface area contributed by atoms with Gasteiger partial charge in [0.05, 0.1) is 12.8 Å². The third-order valence-electron chi connectivity index (χ3n) is 4.58. The normalized spacial score (nSPS) is 10.7. The first-order valence-corrected chi connectivity index (χ1v) is 9.06. The smallest absolute Gasteiger partial charge is 0.251 e. The molecule has 0 aliphatic carbocycles. The highest BCUT2D eigenvalue weighted by Crippen LogP contribution is 2.34. The molecule has 0 unspecified atom stereocenters. The average Bonchev–Trinajstić information content (AvgIpc) is 3.05. The summed E-state index contributed by atoms with van der Waals surface area (Å²) in [6.07, 6.45) is 0. The third kappa shape index (κ3) is 4.55. The number of hydrogen-bond acceptors (Lipinski definition) is 5. The van der Waals surface area contributed by atoms with E-state index in [0.717, 1.165) is 17.0 Å². The van der Waals surface area contributed by atoms with Crippen LogP contribution in [-0.4, -0.2) is 23.2 Å². The molecule has 0 atom stereocenters. The van der Waals surface area contributed by atoms with E-state index in [-0.39, 0.29) is 24.0 Å². The molecule has 7 nitrogen and oxygen atoms in total. The summed E-state index contributed by atoms with van der Waals surface area (Å²) in [4.78, 5) is 12.6. The van der Waals surface area contributed by atoms with Gasteiger partial charge >= 0.3 is 0 Å². The van der Waals surface area contributed by atoms with Gasteiger partial charge in [0.15, 0.2) is 23.1 Å². The van der Waals surface area contributed by atoms with Crippen LogP contribution in [0.3, 0.4) is 0 Å². The predicted molar refractivity (Wildman–Crippen MR) is 107 cm³/mol. The minimum Gasteiger partial charge on any atom is -0.493 e. The Kier molecular flexibility index (Phi) is 6.13. The number of benzene rings is 2. The second-order valence-corrected chi connectivity index (χ2v) is 6.53. The lowest BCUT2D eigenvalue weighted by Crippen LogP contribution is -2.23. The fourth-order valence-electron chi connectivity index (χ4n) is 2.88. The molecule has 1 amide bonds. The molecule has 1 aromatic heterocycles. The van der Waals surface area contributed by atoms with Crippen LogP contribution in [0, 0.1) is 19.7 Å². The van der Waals surface area contributed by atoms with Gasteiger partial charge in [-0.2, -0.15) is 5.10 Å². The van der Waals surface area contributed by atoms with Crippen molar-refractivity contribution >= 4 is 5.91 Å². The Labute approximate surface area is 168 Å². The van der Waals surface area contributed by atoms with Crippen molar-refractivity contribution in [2.24, 2.45) is 5.73 Å². The number of aromatic amines is 1. The van der Waals surface area contributed by atoms with E-state index in [9.17, 15) is 9.18 Å². The molecule has 0 radical (unpaired) electrons. The van der Waals surface area contributed by atoms with Gasteiger partial charge in [-0.25, -0.2) is 4.39 Å². The molecule has 1 heterocycles. The standard InChI is InChI=1S/C21H23FN4O3/c1-12-16(13(2)26-25-12)11-24-21(27)15-5-7-19(28-3)20(9-15)29-18-6-4-14(10-23)8-17(18)22/h4-9H,10-11,23H2,1-3H3,(H,24,27)(H,25,26). The third-order valence-corrected chi connectivity index (χ3v) is 4.58. The van der Waals surface area contributed by atoms with E-state index in [1.165, 1.54) is 25.3 Å². The highest BCUT2D eigenvalue weighted by molar-refractivity contribution is 5.94. The molecule has 8 heteroatoms. The van der Waals surface area contributed by atoms with E-state index in [1.807, 2.05) is 13.8 Å². The van der Waals surface area contributed by atoms with Gasteiger partial charge in [0, 0.05) is 29.9 Å². The molecule has 3 rings (SSSR count). The Morgan fingerprint density at radius 1 is 1.17 bits per heavy atom. The number of ether oxygens (including phenoxy) is 2. The number of aromatic nitrogens is 2. The zero-order valence-electron chi connectivity index (χ0n) is 16.5. The van der Waals surface area contributed by atoms with Crippen LogP contribution in [0.1, 0.15) is 32.9 Å². The molecule has 0 aliphatic heterocycles. The predicted octanol–water partition coefficient (Wildman–Crippen LogP) is 3.36. The average molecular weight is 398 g/mol. The highest BCUT2D eigenvalue weighted by Gasteiger charge is 2.15. The van der Waals surface area contributed by atoms with Crippen LogP contribution in [0.25, 0.3) is 0 Å². The van der Waals surface area contributed by atoms with Crippen LogP contribution in [0.5, 0.6) is 17.2 Å². The van der Waals surface area contributed by atoms with Crippen molar-refractivity contribution in [1.82, 2.24) is 15.5 Å². The van der Waals surface area contributed by atoms with E-state index in [0.29, 0.717) is 23.4 Å². The van der Waals surface area contributed by atoms with E-state index >= 15 is 0 Å². The zero-order chi connectivity index (χ0) is 21.0. The van der Waals surface area contributed by atoms with Crippen molar-refractivity contribution in [2.45, 2.75) is 26.9 Å². The van der Waals surface area contributed by atoms with Gasteiger partial charge in [-0.3, -0.25) is 9.89 Å². The van der Waals surface area contributed by atoms with E-state index in [4.69, 9.17) is 15.2 Å². The molecule has 0 saturated heterocycles. The molecule has 29 heavy (non-hydrogen) atoms. The summed E-state index contributed by atoms with van der Waals surface area (Å²) in [5.41, 5.74) is 9.20. The van der Waals surface area contributed by atoms with Crippen molar-refractivity contribution in [1.29, 1.82) is 0 Å². The second-order valence-electron chi connectivity index (χ2n) is 6.53. The fraction of sp³-hybridized carbons (Fsp3) is 0.238. The Balaban J connectivity index is 1.80. The number of carbonyl (C=O) groups is 1. The molecule has 0 saturated carbocycles. The number of hydrogen-bond donors (Lipinski definition) is 3. The van der Waals surface area contributed by atoms with Gasteiger partial charge in [-0.1, -0.05) is 6.07 Å². The molecule has 152 valence electrons. The molecular formula is C21H23FN4O3. The second kappa shape index (κ2) is 8.74. The summed E-state index contributed by atoms with van der Waals surface area (Å²) in [5.74, 6) is -0.212. The summed E-state index contributed by atoms with van der Waals surface area (Å²) >= 11 is 0. The van der Waals surface area contributed by atoms with Crippen molar-refractivity contribution in [3.63, 3.8) is 0 Å². The van der Waals surface area contributed by atoms with Crippen LogP contribution >= 0.6 is 0 Å². The fourth-order valence-corrected chi connectivity index (χ4v) is 2.88. The first kappa shape index (κ1) is 20.3. The number of nitrogens with two attached hydrogens (primary N) is 1. The Bertz CT molecular complexity index is 1010.